The third-order valence-electron chi connectivity index (χ3n) is 9.85. The van der Waals surface area contributed by atoms with E-state index in [2.05, 4.69) is 23.2 Å². The number of aliphatic imine (C=N–C) groups is 2. The number of hydrogen-bond acceptors (Lipinski definition) is 9. The van der Waals surface area contributed by atoms with Crippen molar-refractivity contribution in [3.05, 3.63) is 100 Å². The molecule has 4 aromatic carbocycles. The summed E-state index contributed by atoms with van der Waals surface area (Å²) < 4.78 is 24.0. The van der Waals surface area contributed by atoms with Gasteiger partial charge in [0, 0.05) is 49.4 Å². The highest BCUT2D eigenvalue weighted by Crippen LogP contribution is 2.40. The predicted molar refractivity (Wildman–Crippen MR) is 189 cm³/mol. The molecule has 0 aromatic heterocycles. The van der Waals surface area contributed by atoms with Crippen molar-refractivity contribution in [1.29, 1.82) is 0 Å². The Hall–Kier alpha value is -5.35. The Morgan fingerprint density at radius 2 is 1.43 bits per heavy atom. The third-order valence-corrected chi connectivity index (χ3v) is 9.85. The van der Waals surface area contributed by atoms with Gasteiger partial charge in [-0.25, -0.2) is 0 Å². The van der Waals surface area contributed by atoms with E-state index in [0.29, 0.717) is 52.5 Å². The fourth-order valence-corrected chi connectivity index (χ4v) is 7.32. The van der Waals surface area contributed by atoms with Gasteiger partial charge in [0.15, 0.2) is 23.0 Å². The third kappa shape index (κ3) is 6.08. The SMILES string of the molecule is COc1cc2c(cc1OCc1cc(N)cc(COc3cc4c(cc3OC)C(=O)N3Cc5ccccc5CC3C=N4)c1)N=CC1CCCN1C2. The molecule has 4 heterocycles. The minimum absolute atomic E-state index is 0.0735. The Kier molecular flexibility index (Phi) is 8.17. The Morgan fingerprint density at radius 1 is 0.755 bits per heavy atom. The summed E-state index contributed by atoms with van der Waals surface area (Å²) in [7, 11) is 3.23. The lowest BCUT2D eigenvalue weighted by Crippen LogP contribution is -2.44. The summed E-state index contributed by atoms with van der Waals surface area (Å²) in [6.07, 6.45) is 7.00. The number of benzene rings is 4. The van der Waals surface area contributed by atoms with E-state index in [-0.39, 0.29) is 25.2 Å². The van der Waals surface area contributed by atoms with Crippen molar-refractivity contribution in [2.24, 2.45) is 9.98 Å². The molecule has 0 radical (unpaired) electrons. The summed E-state index contributed by atoms with van der Waals surface area (Å²) in [5.74, 6) is 2.19. The second-order valence-corrected chi connectivity index (χ2v) is 13.0. The van der Waals surface area contributed by atoms with Gasteiger partial charge in [0.05, 0.1) is 37.2 Å². The average molecular weight is 658 g/mol. The van der Waals surface area contributed by atoms with E-state index in [1.54, 1.807) is 26.4 Å². The molecule has 0 aliphatic carbocycles. The van der Waals surface area contributed by atoms with Gasteiger partial charge in [0.2, 0.25) is 0 Å². The molecule has 49 heavy (non-hydrogen) atoms. The van der Waals surface area contributed by atoms with Gasteiger partial charge in [-0.15, -0.1) is 0 Å². The van der Waals surface area contributed by atoms with Crippen LogP contribution < -0.4 is 24.7 Å². The van der Waals surface area contributed by atoms with E-state index in [1.165, 1.54) is 12.0 Å². The van der Waals surface area contributed by atoms with Gasteiger partial charge < -0.3 is 29.6 Å². The lowest BCUT2D eigenvalue weighted by atomic mass is 9.94. The number of nitrogens with two attached hydrogens (primary N) is 1. The first kappa shape index (κ1) is 31.0. The Morgan fingerprint density at radius 3 is 2.18 bits per heavy atom. The number of nitrogen functional groups attached to an aromatic ring is 1. The number of fused-ring (bicyclic) bond motifs is 5. The molecule has 4 aliphatic heterocycles. The number of rotatable bonds is 8. The monoisotopic (exact) mass is 657 g/mol. The number of amides is 1. The van der Waals surface area contributed by atoms with E-state index >= 15 is 0 Å². The smallest absolute Gasteiger partial charge is 0.257 e. The molecule has 8 rings (SSSR count). The number of anilines is 1. The number of carbonyl (C=O) groups is 1. The van der Waals surface area contributed by atoms with Crippen molar-refractivity contribution in [3.63, 3.8) is 0 Å². The van der Waals surface area contributed by atoms with Crippen LogP contribution in [0.4, 0.5) is 17.1 Å². The van der Waals surface area contributed by atoms with Crippen LogP contribution in [0.25, 0.3) is 0 Å². The zero-order chi connectivity index (χ0) is 33.5. The normalized spacial score (nSPS) is 19.1. The second-order valence-electron chi connectivity index (χ2n) is 13.0. The summed E-state index contributed by atoms with van der Waals surface area (Å²) in [5.41, 5.74) is 14.2. The van der Waals surface area contributed by atoms with Crippen molar-refractivity contribution < 1.29 is 23.7 Å². The van der Waals surface area contributed by atoms with Gasteiger partial charge >= 0.3 is 0 Å². The van der Waals surface area contributed by atoms with Crippen LogP contribution in [0.1, 0.15) is 51.0 Å². The highest BCUT2D eigenvalue weighted by Gasteiger charge is 2.33. The van der Waals surface area contributed by atoms with E-state index in [9.17, 15) is 4.79 Å². The van der Waals surface area contributed by atoms with Gasteiger partial charge in [-0.2, -0.15) is 0 Å². The van der Waals surface area contributed by atoms with Crippen molar-refractivity contribution in [2.75, 3.05) is 26.5 Å². The van der Waals surface area contributed by atoms with Crippen molar-refractivity contribution >= 4 is 35.4 Å². The number of nitrogens with zero attached hydrogens (tertiary/aromatic N) is 4. The van der Waals surface area contributed by atoms with Gasteiger partial charge in [-0.3, -0.25) is 19.7 Å². The quantitative estimate of drug-likeness (QED) is 0.218. The van der Waals surface area contributed by atoms with Gasteiger partial charge in [-0.05, 0) is 84.0 Å². The van der Waals surface area contributed by atoms with Crippen molar-refractivity contribution in [3.8, 4) is 23.0 Å². The molecule has 0 bridgehead atoms. The van der Waals surface area contributed by atoms with Crippen LogP contribution in [0.15, 0.2) is 76.7 Å². The first-order chi connectivity index (χ1) is 23.9. The summed E-state index contributed by atoms with van der Waals surface area (Å²) in [4.78, 5) is 27.6. The summed E-state index contributed by atoms with van der Waals surface area (Å²) in [5, 5.41) is 0. The molecular weight excluding hydrogens is 618 g/mol. The standard InChI is InChI=1S/C39H39N5O5/c1-46-35-14-28-20-43-9-5-8-30(43)18-41-33(28)16-37(35)48-22-24-10-25(12-29(40)11-24)23-49-38-17-34-32(15-36(38)47-2)39(45)44-21-27-7-4-3-6-26(27)13-31(44)19-42-34/h3-4,6-7,10-12,14-19,30-31H,5,8-9,13,20-23,40H2,1-2H3. The molecule has 1 amide bonds. The molecule has 2 atom stereocenters. The zero-order valence-corrected chi connectivity index (χ0v) is 27.7. The van der Waals surface area contributed by atoms with Crippen LogP contribution >= 0.6 is 0 Å². The molecule has 250 valence electrons. The first-order valence-electron chi connectivity index (χ1n) is 16.7. The van der Waals surface area contributed by atoms with Crippen LogP contribution in [0.3, 0.4) is 0 Å². The molecular formula is C39H39N5O5. The molecule has 0 saturated carbocycles. The fourth-order valence-electron chi connectivity index (χ4n) is 7.32. The van der Waals surface area contributed by atoms with Crippen LogP contribution in [0.2, 0.25) is 0 Å². The molecule has 2 unspecified atom stereocenters. The molecule has 10 nitrogen and oxygen atoms in total. The lowest BCUT2D eigenvalue weighted by Gasteiger charge is -2.34. The van der Waals surface area contributed by atoms with E-state index in [0.717, 1.165) is 53.9 Å². The molecule has 10 heteroatoms. The van der Waals surface area contributed by atoms with Crippen LogP contribution in [-0.2, 0) is 32.7 Å². The Bertz CT molecular complexity index is 1990. The molecule has 0 spiro atoms. The average Bonchev–Trinajstić information content (AvgIpc) is 3.43. The molecule has 2 N–H and O–H groups in total. The fraction of sp³-hybridized carbons (Fsp3) is 0.308. The number of methoxy groups -OCH3 is 2. The number of carbonyl (C=O) groups excluding carboxylic acids is 1. The van der Waals surface area contributed by atoms with Crippen LogP contribution in [-0.4, -0.2) is 61.0 Å². The van der Waals surface area contributed by atoms with E-state index in [4.69, 9.17) is 34.7 Å². The topological polar surface area (TPSA) is 111 Å². The highest BCUT2D eigenvalue weighted by atomic mass is 16.5. The lowest BCUT2D eigenvalue weighted by molar-refractivity contribution is 0.0703. The highest BCUT2D eigenvalue weighted by molar-refractivity contribution is 6.03. The first-order valence-corrected chi connectivity index (χ1v) is 16.7. The molecule has 4 aromatic rings. The summed E-state index contributed by atoms with van der Waals surface area (Å²) in [6.45, 7) is 2.98. The van der Waals surface area contributed by atoms with Gasteiger partial charge in [0.25, 0.3) is 5.91 Å². The zero-order valence-electron chi connectivity index (χ0n) is 27.7. The minimum Gasteiger partial charge on any atom is -0.493 e. The van der Waals surface area contributed by atoms with Crippen LogP contribution in [0.5, 0.6) is 23.0 Å². The van der Waals surface area contributed by atoms with Gasteiger partial charge in [-0.1, -0.05) is 24.3 Å². The maximum absolute atomic E-state index is 13.8. The predicted octanol–water partition coefficient (Wildman–Crippen LogP) is 6.41. The van der Waals surface area contributed by atoms with Crippen molar-refractivity contribution in [1.82, 2.24) is 9.80 Å². The largest absolute Gasteiger partial charge is 0.493 e. The Labute approximate surface area is 285 Å². The molecule has 4 aliphatic rings. The van der Waals surface area contributed by atoms with E-state index in [1.807, 2.05) is 53.6 Å². The van der Waals surface area contributed by atoms with Crippen LogP contribution in [0, 0.1) is 0 Å². The summed E-state index contributed by atoms with van der Waals surface area (Å²) >= 11 is 0. The van der Waals surface area contributed by atoms with E-state index < -0.39 is 0 Å². The second kappa shape index (κ2) is 12.9. The number of hydrogen-bond donors (Lipinski definition) is 1. The summed E-state index contributed by atoms with van der Waals surface area (Å²) in [6, 6.07) is 21.8. The minimum atomic E-state index is -0.116. The van der Waals surface area contributed by atoms with Gasteiger partial charge in [0.1, 0.15) is 13.2 Å². The van der Waals surface area contributed by atoms with Crippen molar-refractivity contribution in [2.45, 2.75) is 57.6 Å². The Balaban J connectivity index is 0.984. The maximum Gasteiger partial charge on any atom is 0.257 e. The number of ether oxygens (including phenoxy) is 4. The maximum atomic E-state index is 13.8. The molecule has 1 saturated heterocycles. The molecule has 1 fully saturated rings.